The first-order chi connectivity index (χ1) is 21.8. The summed E-state index contributed by atoms with van der Waals surface area (Å²) in [6, 6.07) is 15.9. The molecule has 0 aliphatic heterocycles. The van der Waals surface area contributed by atoms with Crippen LogP contribution in [0.3, 0.4) is 0 Å². The Bertz CT molecular complexity index is 1980. The number of amides is 1. The van der Waals surface area contributed by atoms with Crippen molar-refractivity contribution in [1.29, 1.82) is 5.26 Å². The summed E-state index contributed by atoms with van der Waals surface area (Å²) in [5.41, 5.74) is -1.12. The fourth-order valence-corrected chi connectivity index (χ4v) is 7.69. The summed E-state index contributed by atoms with van der Waals surface area (Å²) >= 11 is 0. The number of nitriles is 1. The molecule has 0 unspecified atom stereocenters. The number of halogens is 4. The van der Waals surface area contributed by atoms with E-state index in [0.717, 1.165) is 18.9 Å². The van der Waals surface area contributed by atoms with Crippen molar-refractivity contribution in [3.63, 3.8) is 0 Å². The normalized spacial score (nSPS) is 14.7. The number of nitrogens with zero attached hydrogens (tertiary/aromatic N) is 4. The Kier molecular flexibility index (Phi) is 9.30. The highest BCUT2D eigenvalue weighted by atomic mass is 32.2. The molecule has 4 aromatic rings. The minimum atomic E-state index is -4.99. The predicted octanol–water partition coefficient (Wildman–Crippen LogP) is 5.90. The van der Waals surface area contributed by atoms with Crippen LogP contribution >= 0.6 is 0 Å². The Hall–Kier alpha value is -4.57. The maximum Gasteiger partial charge on any atom is 0.419 e. The standard InChI is InChI=1S/C33H30F4N4O4S/c1-21(31-39-29-9-5-4-8-26(29)32(43)41(31)24-13-10-22(20-38)11-14-24)40(16-17-46(44,45)25-6-2-3-7-25)30(42)19-23-12-15-28(34)27(18-23)33(35,36)37/h4-5,8-15,18,21,25H,2-3,6-7,16-17,19H2,1H3/t21-/m1/s1. The van der Waals surface area contributed by atoms with Crippen LogP contribution in [0.15, 0.2) is 71.5 Å². The van der Waals surface area contributed by atoms with E-state index in [4.69, 9.17) is 4.98 Å². The topological polar surface area (TPSA) is 113 Å². The third-order valence-electron chi connectivity index (χ3n) is 8.34. The molecule has 1 aliphatic rings. The van der Waals surface area contributed by atoms with Gasteiger partial charge in [-0.05, 0) is 73.9 Å². The molecule has 5 rings (SSSR count). The number of alkyl halides is 3. The average Bonchev–Trinajstić information content (AvgIpc) is 3.58. The second kappa shape index (κ2) is 13.0. The van der Waals surface area contributed by atoms with Crippen molar-refractivity contribution in [1.82, 2.24) is 14.5 Å². The Morgan fingerprint density at radius 1 is 1.09 bits per heavy atom. The monoisotopic (exact) mass is 654 g/mol. The molecule has 3 aromatic carbocycles. The van der Waals surface area contributed by atoms with E-state index in [1.54, 1.807) is 43.3 Å². The third-order valence-corrected chi connectivity index (χ3v) is 10.6. The number of para-hydroxylation sites is 1. The van der Waals surface area contributed by atoms with Crippen molar-refractivity contribution in [3.8, 4) is 11.8 Å². The van der Waals surface area contributed by atoms with Gasteiger partial charge in [0.2, 0.25) is 5.91 Å². The maximum atomic E-state index is 14.0. The zero-order valence-corrected chi connectivity index (χ0v) is 25.6. The van der Waals surface area contributed by atoms with Crippen LogP contribution in [0.4, 0.5) is 17.6 Å². The fraction of sp³-hybridized carbons (Fsp3) is 0.333. The lowest BCUT2D eigenvalue weighted by Gasteiger charge is -2.31. The van der Waals surface area contributed by atoms with Gasteiger partial charge in [-0.2, -0.15) is 18.4 Å². The number of sulfone groups is 1. The molecule has 1 atom stereocenters. The Balaban J connectivity index is 1.60. The van der Waals surface area contributed by atoms with Crippen LogP contribution in [-0.2, 0) is 27.2 Å². The molecule has 1 amide bonds. The van der Waals surface area contributed by atoms with Crippen LogP contribution in [0.1, 0.15) is 61.2 Å². The van der Waals surface area contributed by atoms with E-state index in [9.17, 15) is 40.8 Å². The highest BCUT2D eigenvalue weighted by Gasteiger charge is 2.35. The molecule has 13 heteroatoms. The molecule has 1 aromatic heterocycles. The molecular formula is C33H30F4N4O4S. The third kappa shape index (κ3) is 6.82. The molecule has 0 bridgehead atoms. The van der Waals surface area contributed by atoms with E-state index in [-0.39, 0.29) is 23.3 Å². The average molecular weight is 655 g/mol. The molecule has 0 N–H and O–H groups in total. The number of carbonyl (C=O) groups excluding carboxylic acids is 1. The Morgan fingerprint density at radius 2 is 1.76 bits per heavy atom. The van der Waals surface area contributed by atoms with Gasteiger partial charge in [-0.3, -0.25) is 14.2 Å². The fourth-order valence-electron chi connectivity index (χ4n) is 5.85. The van der Waals surface area contributed by atoms with E-state index >= 15 is 0 Å². The summed E-state index contributed by atoms with van der Waals surface area (Å²) in [6.07, 6.45) is -3.03. The van der Waals surface area contributed by atoms with Gasteiger partial charge in [0.25, 0.3) is 5.56 Å². The molecule has 0 radical (unpaired) electrons. The van der Waals surface area contributed by atoms with Crippen molar-refractivity contribution in [2.75, 3.05) is 12.3 Å². The van der Waals surface area contributed by atoms with Gasteiger partial charge >= 0.3 is 6.18 Å². The smallest absolute Gasteiger partial charge is 0.331 e. The van der Waals surface area contributed by atoms with E-state index in [2.05, 4.69) is 0 Å². The van der Waals surface area contributed by atoms with E-state index in [0.29, 0.717) is 41.7 Å². The molecule has 1 saturated carbocycles. The second-order valence-electron chi connectivity index (χ2n) is 11.3. The van der Waals surface area contributed by atoms with Gasteiger partial charge in [-0.25, -0.2) is 17.8 Å². The lowest BCUT2D eigenvalue weighted by atomic mass is 10.1. The number of carbonyl (C=O) groups is 1. The highest BCUT2D eigenvalue weighted by Crippen LogP contribution is 2.33. The number of aromatic nitrogens is 2. The summed E-state index contributed by atoms with van der Waals surface area (Å²) in [5, 5.41) is 8.99. The predicted molar refractivity (Wildman–Crippen MR) is 163 cm³/mol. The zero-order valence-electron chi connectivity index (χ0n) is 24.8. The number of rotatable bonds is 9. The van der Waals surface area contributed by atoms with Gasteiger partial charge in [0.15, 0.2) is 9.84 Å². The summed E-state index contributed by atoms with van der Waals surface area (Å²) < 4.78 is 82.1. The van der Waals surface area contributed by atoms with Gasteiger partial charge in [-0.1, -0.05) is 31.0 Å². The summed E-state index contributed by atoms with van der Waals surface area (Å²) in [4.78, 5) is 33.7. The molecule has 0 spiro atoms. The first-order valence-electron chi connectivity index (χ1n) is 14.7. The van der Waals surface area contributed by atoms with Crippen LogP contribution in [0.5, 0.6) is 0 Å². The van der Waals surface area contributed by atoms with Crippen molar-refractivity contribution in [3.05, 3.63) is 105 Å². The molecule has 46 heavy (non-hydrogen) atoms. The van der Waals surface area contributed by atoms with Crippen LogP contribution < -0.4 is 5.56 Å². The number of hydrogen-bond donors (Lipinski definition) is 0. The van der Waals surface area contributed by atoms with E-state index in [1.807, 2.05) is 6.07 Å². The van der Waals surface area contributed by atoms with Crippen molar-refractivity contribution in [2.45, 2.75) is 56.5 Å². The molecule has 8 nitrogen and oxygen atoms in total. The summed E-state index contributed by atoms with van der Waals surface area (Å²) in [5.74, 6) is -2.54. The summed E-state index contributed by atoms with van der Waals surface area (Å²) in [6.45, 7) is 1.24. The SMILES string of the molecule is C[C@H](c1nc2ccccc2c(=O)n1-c1ccc(C#N)cc1)N(CCS(=O)(=O)C1CCCC1)C(=O)Cc1ccc(F)c(C(F)(F)F)c1. The molecular weight excluding hydrogens is 624 g/mol. The molecule has 1 aliphatic carbocycles. The largest absolute Gasteiger partial charge is 0.419 e. The van der Waals surface area contributed by atoms with E-state index in [1.165, 1.54) is 21.6 Å². The number of fused-ring (bicyclic) bond motifs is 1. The zero-order chi connectivity index (χ0) is 33.2. The first kappa shape index (κ1) is 32.8. The van der Waals surface area contributed by atoms with Crippen molar-refractivity contribution >= 4 is 26.6 Å². The molecule has 0 saturated heterocycles. The summed E-state index contributed by atoms with van der Waals surface area (Å²) in [7, 11) is -3.63. The Morgan fingerprint density at radius 3 is 2.41 bits per heavy atom. The Labute approximate surface area is 262 Å². The van der Waals surface area contributed by atoms with Crippen LogP contribution in [0.25, 0.3) is 16.6 Å². The van der Waals surface area contributed by atoms with Gasteiger partial charge < -0.3 is 4.90 Å². The molecule has 1 fully saturated rings. The number of benzene rings is 3. The number of hydrogen-bond acceptors (Lipinski definition) is 6. The van der Waals surface area contributed by atoms with E-state index < -0.39 is 62.3 Å². The van der Waals surface area contributed by atoms with Crippen LogP contribution in [-0.4, -0.2) is 46.3 Å². The lowest BCUT2D eigenvalue weighted by Crippen LogP contribution is -2.41. The molecule has 240 valence electrons. The van der Waals surface area contributed by atoms with Gasteiger partial charge in [-0.15, -0.1) is 0 Å². The van der Waals surface area contributed by atoms with Crippen LogP contribution in [0, 0.1) is 17.1 Å². The van der Waals surface area contributed by atoms with Crippen molar-refractivity contribution in [2.24, 2.45) is 0 Å². The van der Waals surface area contributed by atoms with Crippen LogP contribution in [0.2, 0.25) is 0 Å². The highest BCUT2D eigenvalue weighted by molar-refractivity contribution is 7.92. The quantitative estimate of drug-likeness (QED) is 0.208. The minimum Gasteiger partial charge on any atom is -0.331 e. The van der Waals surface area contributed by atoms with Gasteiger partial charge in [0, 0.05) is 6.54 Å². The molecule has 1 heterocycles. The van der Waals surface area contributed by atoms with Gasteiger partial charge in [0.1, 0.15) is 11.6 Å². The minimum absolute atomic E-state index is 0.0788. The van der Waals surface area contributed by atoms with Crippen molar-refractivity contribution < 1.29 is 30.8 Å². The lowest BCUT2D eigenvalue weighted by molar-refractivity contribution is -0.140. The first-order valence-corrected chi connectivity index (χ1v) is 16.4. The second-order valence-corrected chi connectivity index (χ2v) is 13.7. The van der Waals surface area contributed by atoms with Gasteiger partial charge in [0.05, 0.1) is 57.3 Å². The maximum absolute atomic E-state index is 14.0.